The fourth-order valence-electron chi connectivity index (χ4n) is 1.68. The van der Waals surface area contributed by atoms with Crippen LogP contribution in [0.5, 0.6) is 5.88 Å². The van der Waals surface area contributed by atoms with E-state index in [0.29, 0.717) is 17.2 Å². The standard InChI is InChI=1S/C10H9N5O/c1-16-7-3-2-6-8(14-7)5-4-12-15-9(5)10(11)13-6/h2-4H,1H3,(H2,11,13)(H,12,15). The highest BCUT2D eigenvalue weighted by Crippen LogP contribution is 2.25. The average molecular weight is 215 g/mol. The molecular formula is C10H9N5O. The van der Waals surface area contributed by atoms with Crippen molar-refractivity contribution in [3.05, 3.63) is 18.3 Å². The molecule has 6 heteroatoms. The zero-order valence-electron chi connectivity index (χ0n) is 8.56. The van der Waals surface area contributed by atoms with E-state index in [0.717, 1.165) is 16.4 Å². The highest BCUT2D eigenvalue weighted by molar-refractivity contribution is 6.05. The molecule has 16 heavy (non-hydrogen) atoms. The maximum atomic E-state index is 5.80. The first-order valence-electron chi connectivity index (χ1n) is 4.73. The maximum absolute atomic E-state index is 5.80. The third-order valence-electron chi connectivity index (χ3n) is 2.45. The summed E-state index contributed by atoms with van der Waals surface area (Å²) in [4.78, 5) is 8.57. The van der Waals surface area contributed by atoms with Crippen LogP contribution >= 0.6 is 0 Å². The largest absolute Gasteiger partial charge is 0.481 e. The number of hydrogen-bond acceptors (Lipinski definition) is 5. The quantitative estimate of drug-likeness (QED) is 0.634. The molecule has 0 unspecified atom stereocenters. The summed E-state index contributed by atoms with van der Waals surface area (Å²) in [5, 5.41) is 7.59. The number of nitrogens with one attached hydrogen (secondary N) is 1. The van der Waals surface area contributed by atoms with Crippen LogP contribution in [0.15, 0.2) is 18.3 Å². The first-order chi connectivity index (χ1) is 7.79. The van der Waals surface area contributed by atoms with Crippen molar-refractivity contribution in [1.29, 1.82) is 0 Å². The number of H-pyrrole nitrogens is 1. The van der Waals surface area contributed by atoms with Crippen LogP contribution in [0, 0.1) is 0 Å². The Morgan fingerprint density at radius 3 is 3.00 bits per heavy atom. The van der Waals surface area contributed by atoms with Gasteiger partial charge < -0.3 is 10.5 Å². The Kier molecular flexibility index (Phi) is 1.70. The van der Waals surface area contributed by atoms with Crippen LogP contribution in [0.3, 0.4) is 0 Å². The van der Waals surface area contributed by atoms with Gasteiger partial charge in [-0.1, -0.05) is 0 Å². The Hall–Kier alpha value is -2.37. The third-order valence-corrected chi connectivity index (χ3v) is 2.45. The first-order valence-corrected chi connectivity index (χ1v) is 4.73. The number of methoxy groups -OCH3 is 1. The Bertz CT molecular complexity index is 675. The number of nitrogens with zero attached hydrogens (tertiary/aromatic N) is 3. The molecule has 3 heterocycles. The number of ether oxygens (including phenoxy) is 1. The minimum Gasteiger partial charge on any atom is -0.481 e. The molecule has 0 spiro atoms. The van der Waals surface area contributed by atoms with Crippen molar-refractivity contribution in [2.24, 2.45) is 0 Å². The van der Waals surface area contributed by atoms with Gasteiger partial charge in [0.25, 0.3) is 0 Å². The van der Waals surface area contributed by atoms with Crippen LogP contribution in [-0.4, -0.2) is 27.3 Å². The second-order valence-electron chi connectivity index (χ2n) is 3.38. The fraction of sp³-hybridized carbons (Fsp3) is 0.100. The van der Waals surface area contributed by atoms with Crippen molar-refractivity contribution in [2.75, 3.05) is 12.8 Å². The second-order valence-corrected chi connectivity index (χ2v) is 3.38. The lowest BCUT2D eigenvalue weighted by Crippen LogP contribution is -1.95. The molecule has 0 aliphatic carbocycles. The number of pyridine rings is 2. The minimum atomic E-state index is 0.423. The molecule has 0 aliphatic rings. The van der Waals surface area contributed by atoms with E-state index in [1.807, 2.05) is 6.07 Å². The van der Waals surface area contributed by atoms with Crippen LogP contribution in [0.2, 0.25) is 0 Å². The van der Waals surface area contributed by atoms with E-state index in [1.165, 1.54) is 0 Å². The topological polar surface area (TPSA) is 89.7 Å². The summed E-state index contributed by atoms with van der Waals surface area (Å²) in [6.07, 6.45) is 1.68. The van der Waals surface area contributed by atoms with Crippen LogP contribution in [0.1, 0.15) is 0 Å². The Labute approximate surface area is 90.4 Å². The number of nitrogens with two attached hydrogens (primary N) is 1. The van der Waals surface area contributed by atoms with Crippen molar-refractivity contribution in [3.63, 3.8) is 0 Å². The number of aromatic nitrogens is 4. The first kappa shape index (κ1) is 8.90. The van der Waals surface area contributed by atoms with Crippen LogP contribution in [0.4, 0.5) is 5.82 Å². The van der Waals surface area contributed by atoms with Gasteiger partial charge in [0, 0.05) is 6.07 Å². The van der Waals surface area contributed by atoms with Crippen molar-refractivity contribution in [1.82, 2.24) is 20.2 Å². The van der Waals surface area contributed by atoms with Gasteiger partial charge in [0.15, 0.2) is 0 Å². The predicted molar refractivity (Wildman–Crippen MR) is 60.2 cm³/mol. The molecule has 0 saturated heterocycles. The lowest BCUT2D eigenvalue weighted by molar-refractivity contribution is 0.399. The van der Waals surface area contributed by atoms with Gasteiger partial charge in [0.1, 0.15) is 16.9 Å². The second kappa shape index (κ2) is 3.06. The Morgan fingerprint density at radius 1 is 1.31 bits per heavy atom. The summed E-state index contributed by atoms with van der Waals surface area (Å²) in [6, 6.07) is 3.57. The maximum Gasteiger partial charge on any atom is 0.213 e. The molecule has 80 valence electrons. The smallest absolute Gasteiger partial charge is 0.213 e. The molecule has 3 aromatic rings. The van der Waals surface area contributed by atoms with Gasteiger partial charge in [0.05, 0.1) is 24.2 Å². The number of aromatic amines is 1. The summed E-state index contributed by atoms with van der Waals surface area (Å²) < 4.78 is 5.08. The minimum absolute atomic E-state index is 0.423. The molecule has 3 N–H and O–H groups in total. The zero-order chi connectivity index (χ0) is 11.1. The molecule has 0 fully saturated rings. The Balaban J connectivity index is 2.50. The fourth-order valence-corrected chi connectivity index (χ4v) is 1.68. The van der Waals surface area contributed by atoms with Gasteiger partial charge in [-0.3, -0.25) is 5.10 Å². The molecule has 0 bridgehead atoms. The molecule has 0 amide bonds. The molecule has 6 nitrogen and oxygen atoms in total. The summed E-state index contributed by atoms with van der Waals surface area (Å²) in [5.74, 6) is 0.966. The number of rotatable bonds is 1. The van der Waals surface area contributed by atoms with Crippen molar-refractivity contribution < 1.29 is 4.74 Å². The molecule has 0 atom stereocenters. The van der Waals surface area contributed by atoms with E-state index in [9.17, 15) is 0 Å². The zero-order valence-corrected chi connectivity index (χ0v) is 8.56. The van der Waals surface area contributed by atoms with E-state index in [-0.39, 0.29) is 0 Å². The highest BCUT2D eigenvalue weighted by atomic mass is 16.5. The molecule has 0 radical (unpaired) electrons. The normalized spacial score (nSPS) is 11.1. The number of fused-ring (bicyclic) bond motifs is 3. The average Bonchev–Trinajstić information content (AvgIpc) is 2.78. The molecule has 0 saturated carbocycles. The number of nitrogen functional groups attached to an aromatic ring is 1. The third kappa shape index (κ3) is 1.10. The van der Waals surface area contributed by atoms with E-state index in [4.69, 9.17) is 10.5 Å². The molecule has 3 aromatic heterocycles. The Morgan fingerprint density at radius 2 is 2.19 bits per heavy atom. The molecule has 0 aromatic carbocycles. The van der Waals surface area contributed by atoms with Gasteiger partial charge in [0.2, 0.25) is 5.88 Å². The monoisotopic (exact) mass is 215 g/mol. The number of hydrogen-bond donors (Lipinski definition) is 2. The highest BCUT2D eigenvalue weighted by Gasteiger charge is 2.09. The van der Waals surface area contributed by atoms with E-state index in [2.05, 4.69) is 20.2 Å². The summed E-state index contributed by atoms with van der Waals surface area (Å²) in [7, 11) is 1.57. The van der Waals surface area contributed by atoms with Crippen molar-refractivity contribution >= 4 is 27.8 Å². The predicted octanol–water partition coefficient (Wildman–Crippen LogP) is 1.10. The van der Waals surface area contributed by atoms with Crippen molar-refractivity contribution in [3.8, 4) is 5.88 Å². The van der Waals surface area contributed by atoms with E-state index >= 15 is 0 Å². The summed E-state index contributed by atoms with van der Waals surface area (Å²) >= 11 is 0. The molecular weight excluding hydrogens is 206 g/mol. The van der Waals surface area contributed by atoms with Gasteiger partial charge in [-0.15, -0.1) is 0 Å². The summed E-state index contributed by atoms with van der Waals surface area (Å²) in [6.45, 7) is 0. The van der Waals surface area contributed by atoms with Gasteiger partial charge >= 0.3 is 0 Å². The van der Waals surface area contributed by atoms with Crippen LogP contribution in [-0.2, 0) is 0 Å². The van der Waals surface area contributed by atoms with Crippen LogP contribution < -0.4 is 10.5 Å². The lowest BCUT2D eigenvalue weighted by Gasteiger charge is -2.03. The molecule has 3 rings (SSSR count). The van der Waals surface area contributed by atoms with E-state index < -0.39 is 0 Å². The SMILES string of the molecule is COc1ccc2nc(N)c3[nH]ncc3c2n1. The van der Waals surface area contributed by atoms with Crippen molar-refractivity contribution in [2.45, 2.75) is 0 Å². The van der Waals surface area contributed by atoms with Crippen LogP contribution in [0.25, 0.3) is 21.9 Å². The van der Waals surface area contributed by atoms with E-state index in [1.54, 1.807) is 19.4 Å². The summed E-state index contributed by atoms with van der Waals surface area (Å²) in [5.41, 5.74) is 7.96. The number of anilines is 1. The molecule has 0 aliphatic heterocycles. The lowest BCUT2D eigenvalue weighted by atomic mass is 10.2. The van der Waals surface area contributed by atoms with Gasteiger partial charge in [-0.25, -0.2) is 9.97 Å². The van der Waals surface area contributed by atoms with Gasteiger partial charge in [-0.2, -0.15) is 5.10 Å². The van der Waals surface area contributed by atoms with Gasteiger partial charge in [-0.05, 0) is 6.07 Å².